The molecule has 0 aliphatic rings. The van der Waals surface area contributed by atoms with Crippen LogP contribution in [0.1, 0.15) is 151 Å². The summed E-state index contributed by atoms with van der Waals surface area (Å²) in [7, 11) is 0. The Balaban J connectivity index is 3.48. The van der Waals surface area contributed by atoms with Gasteiger partial charge in [0.05, 0.1) is 0 Å². The fraction of sp³-hybridized carbons (Fsp3) is 0.714. The number of unbranched alkanes of at least 4 members (excludes halogenated alkanes) is 3. The SMILES string of the molecule is CCCCCC(=O)N[C@@H](CCN)C(=O)N[C@H](C(=O)N[C@@H](CCN)C(=O)N[C@H](Cc1ccccc1)C(=O)N[C@@H](CC(C)C)C(=O)N[C@@H](CCN)C(=O)N[C@@H](C(=O)N[C@@H](CC(C)C)C(=O)N[C@@H](CCCCN)C(N)=O)C(C)C)[C@@H](C)CC. The number of hydrogen-bond donors (Lipinski definition) is 14. The topological polar surface area (TPSA) is 409 Å². The lowest BCUT2D eigenvalue weighted by atomic mass is 9.97. The van der Waals surface area contributed by atoms with Gasteiger partial charge in [-0.1, -0.05) is 112 Å². The third-order valence-corrected chi connectivity index (χ3v) is 13.5. The third-order valence-electron chi connectivity index (χ3n) is 13.5. The highest BCUT2D eigenvalue weighted by molar-refractivity contribution is 5.98. The lowest BCUT2D eigenvalue weighted by Crippen LogP contribution is -2.62. The monoisotopic (exact) mass is 1130 g/mol. The number of hydrogen-bond acceptors (Lipinski definition) is 14. The van der Waals surface area contributed by atoms with Crippen LogP contribution in [0.15, 0.2) is 30.3 Å². The van der Waals surface area contributed by atoms with Gasteiger partial charge in [0, 0.05) is 12.8 Å². The van der Waals surface area contributed by atoms with Crippen LogP contribution in [0.25, 0.3) is 0 Å². The molecule has 0 fully saturated rings. The maximum Gasteiger partial charge on any atom is 0.243 e. The number of benzene rings is 1. The number of carbonyl (C=O) groups is 10. The van der Waals surface area contributed by atoms with Crippen molar-refractivity contribution in [2.75, 3.05) is 26.2 Å². The minimum Gasteiger partial charge on any atom is -0.368 e. The first-order valence-corrected chi connectivity index (χ1v) is 28.7. The molecule has 0 saturated heterocycles. The minimum atomic E-state index is -1.32. The summed E-state index contributed by atoms with van der Waals surface area (Å²) < 4.78 is 0. The quantitative estimate of drug-likeness (QED) is 0.0372. The highest BCUT2D eigenvalue weighted by Crippen LogP contribution is 2.14. The van der Waals surface area contributed by atoms with Crippen molar-refractivity contribution >= 4 is 59.1 Å². The van der Waals surface area contributed by atoms with Gasteiger partial charge >= 0.3 is 0 Å². The zero-order valence-electron chi connectivity index (χ0n) is 49.1. The Bertz CT molecular complexity index is 2100. The van der Waals surface area contributed by atoms with Crippen molar-refractivity contribution in [2.45, 2.75) is 207 Å². The molecular weight excluding hydrogens is 1030 g/mol. The highest BCUT2D eigenvalue weighted by Gasteiger charge is 2.37. The van der Waals surface area contributed by atoms with E-state index in [1.54, 1.807) is 51.1 Å². The highest BCUT2D eigenvalue weighted by atomic mass is 16.2. The summed E-state index contributed by atoms with van der Waals surface area (Å²) in [5.74, 6) is -7.93. The number of nitrogens with two attached hydrogens (primary N) is 5. The molecule has 454 valence electrons. The van der Waals surface area contributed by atoms with Crippen LogP contribution in [-0.4, -0.2) is 140 Å². The smallest absolute Gasteiger partial charge is 0.243 e. The molecule has 1 aromatic carbocycles. The second-order valence-electron chi connectivity index (χ2n) is 21.9. The lowest BCUT2D eigenvalue weighted by Gasteiger charge is -2.30. The molecule has 0 heterocycles. The average Bonchev–Trinajstić information content (AvgIpc) is 3.40. The molecule has 0 bridgehead atoms. The fourth-order valence-electron chi connectivity index (χ4n) is 8.71. The minimum absolute atomic E-state index is 0.0486. The van der Waals surface area contributed by atoms with Gasteiger partial charge in [-0.25, -0.2) is 0 Å². The van der Waals surface area contributed by atoms with Crippen molar-refractivity contribution in [1.82, 2.24) is 47.9 Å². The van der Waals surface area contributed by atoms with Crippen LogP contribution in [-0.2, 0) is 54.4 Å². The predicted molar refractivity (Wildman–Crippen MR) is 308 cm³/mol. The number of primary amides is 1. The normalized spacial score (nSPS) is 15.1. The van der Waals surface area contributed by atoms with E-state index in [4.69, 9.17) is 28.7 Å². The van der Waals surface area contributed by atoms with E-state index in [9.17, 15) is 47.9 Å². The maximum atomic E-state index is 14.5. The van der Waals surface area contributed by atoms with Crippen LogP contribution in [0.3, 0.4) is 0 Å². The summed E-state index contributed by atoms with van der Waals surface area (Å²) in [5, 5.41) is 24.6. The van der Waals surface area contributed by atoms with E-state index >= 15 is 0 Å². The Kier molecular flexibility index (Phi) is 35.2. The van der Waals surface area contributed by atoms with Crippen molar-refractivity contribution in [3.8, 4) is 0 Å². The molecule has 0 aromatic heterocycles. The largest absolute Gasteiger partial charge is 0.368 e. The fourth-order valence-corrected chi connectivity index (χ4v) is 8.71. The van der Waals surface area contributed by atoms with Gasteiger partial charge in [0.1, 0.15) is 54.4 Å². The van der Waals surface area contributed by atoms with Crippen molar-refractivity contribution < 1.29 is 47.9 Å². The van der Waals surface area contributed by atoms with Crippen molar-refractivity contribution in [3.05, 3.63) is 35.9 Å². The average molecular weight is 1130 g/mol. The van der Waals surface area contributed by atoms with Crippen LogP contribution < -0.4 is 76.5 Å². The van der Waals surface area contributed by atoms with Gasteiger partial charge in [0.25, 0.3) is 0 Å². The zero-order valence-corrected chi connectivity index (χ0v) is 49.1. The van der Waals surface area contributed by atoms with Gasteiger partial charge in [0.2, 0.25) is 59.1 Å². The molecule has 0 unspecified atom stereocenters. The molecule has 0 radical (unpaired) electrons. The molecule has 0 aliphatic carbocycles. The standard InChI is InChI=1S/C56H100N14O10/c1-10-12-14-22-45(71)62-39(23-27-58)50(74)70-47(36(9)11-2)56(80)65-40(24-28-59)49(73)67-44(32-37-19-15-13-16-20-37)54(78)66-42(30-33(3)4)53(77)64-41(25-29-60)51(75)69-46(35(7)8)55(79)68-43(31-34(5)6)52(76)63-38(48(61)72)21-17-18-26-57/h13,15-16,19-20,33-36,38-44,46-47H,10-12,14,17-18,21-32,57-60H2,1-9H3,(H2,61,72)(H,62,71)(H,63,76)(H,64,77)(H,65,80)(H,66,78)(H,67,73)(H,68,79)(H,69,75)(H,70,74)/t36-,38-,39-,40-,41-,42-,43-,44+,46+,47-/m0/s1. The van der Waals surface area contributed by atoms with Crippen molar-refractivity contribution in [3.63, 3.8) is 0 Å². The molecule has 0 aliphatic heterocycles. The number of carbonyl (C=O) groups excluding carboxylic acids is 10. The van der Waals surface area contributed by atoms with Crippen LogP contribution in [0.5, 0.6) is 0 Å². The Hall–Kier alpha value is -6.24. The first kappa shape index (κ1) is 71.8. The molecule has 24 heteroatoms. The maximum absolute atomic E-state index is 14.5. The van der Waals surface area contributed by atoms with Gasteiger partial charge in [-0.15, -0.1) is 0 Å². The van der Waals surface area contributed by atoms with Gasteiger partial charge in [-0.2, -0.15) is 0 Å². The predicted octanol–water partition coefficient (Wildman–Crippen LogP) is -0.372. The lowest BCUT2D eigenvalue weighted by molar-refractivity contribution is -0.136. The van der Waals surface area contributed by atoms with E-state index in [1.165, 1.54) is 0 Å². The van der Waals surface area contributed by atoms with Crippen molar-refractivity contribution in [1.29, 1.82) is 0 Å². The number of rotatable bonds is 41. The molecule has 19 N–H and O–H groups in total. The van der Waals surface area contributed by atoms with Gasteiger partial charge in [-0.3, -0.25) is 47.9 Å². The van der Waals surface area contributed by atoms with Crippen molar-refractivity contribution in [2.24, 2.45) is 52.3 Å². The van der Waals surface area contributed by atoms with Gasteiger partial charge < -0.3 is 76.5 Å². The van der Waals surface area contributed by atoms with Gasteiger partial charge in [-0.05, 0) is 113 Å². The van der Waals surface area contributed by atoms with Crippen LogP contribution in [0.2, 0.25) is 0 Å². The molecule has 10 amide bonds. The molecule has 1 rings (SSSR count). The Labute approximate surface area is 474 Å². The molecular formula is C56H100N14O10. The van der Waals surface area contributed by atoms with E-state index in [2.05, 4.69) is 47.9 Å². The molecule has 0 saturated carbocycles. The van der Waals surface area contributed by atoms with Crippen LogP contribution >= 0.6 is 0 Å². The van der Waals surface area contributed by atoms with E-state index < -0.39 is 119 Å². The Morgan fingerprint density at radius 2 is 0.838 bits per heavy atom. The van der Waals surface area contributed by atoms with E-state index in [1.807, 2.05) is 41.5 Å². The second-order valence-corrected chi connectivity index (χ2v) is 21.9. The Morgan fingerprint density at radius 1 is 0.425 bits per heavy atom. The van der Waals surface area contributed by atoms with Crippen LogP contribution in [0, 0.1) is 23.7 Å². The molecule has 24 nitrogen and oxygen atoms in total. The molecule has 10 atom stereocenters. The van der Waals surface area contributed by atoms with E-state index in [0.717, 1.165) is 12.8 Å². The van der Waals surface area contributed by atoms with E-state index in [0.29, 0.717) is 37.8 Å². The number of nitrogens with one attached hydrogen (secondary N) is 9. The first-order valence-electron chi connectivity index (χ1n) is 28.7. The summed E-state index contributed by atoms with van der Waals surface area (Å²) in [6, 6.07) is -1.81. The first-order chi connectivity index (χ1) is 37.9. The Morgan fingerprint density at radius 3 is 1.30 bits per heavy atom. The molecule has 1 aromatic rings. The molecule has 80 heavy (non-hydrogen) atoms. The summed E-state index contributed by atoms with van der Waals surface area (Å²) in [6.07, 6.45) is 4.71. The molecule has 0 spiro atoms. The van der Waals surface area contributed by atoms with E-state index in [-0.39, 0.29) is 88.7 Å². The summed E-state index contributed by atoms with van der Waals surface area (Å²) in [5.41, 5.74) is 29.6. The summed E-state index contributed by atoms with van der Waals surface area (Å²) in [4.78, 5) is 137. The summed E-state index contributed by atoms with van der Waals surface area (Å²) in [6.45, 7) is 16.7. The summed E-state index contributed by atoms with van der Waals surface area (Å²) >= 11 is 0. The zero-order chi connectivity index (χ0) is 60.5. The second kappa shape index (κ2) is 39.2. The van der Waals surface area contributed by atoms with Gasteiger partial charge in [0.15, 0.2) is 0 Å². The third kappa shape index (κ3) is 27.3. The number of amides is 10. The van der Waals surface area contributed by atoms with Crippen LogP contribution in [0.4, 0.5) is 0 Å².